The van der Waals surface area contributed by atoms with Crippen molar-refractivity contribution in [2.45, 2.75) is 26.7 Å². The molecule has 0 fully saturated rings. The number of carbonyl (C=O) groups is 1. The summed E-state index contributed by atoms with van der Waals surface area (Å²) in [6.07, 6.45) is 0. The molecule has 0 atom stereocenters. The molecule has 1 aromatic carbocycles. The lowest BCUT2D eigenvalue weighted by Crippen LogP contribution is -2.20. The van der Waals surface area contributed by atoms with E-state index >= 15 is 0 Å². The molecule has 1 N–H and O–H groups in total. The largest absolute Gasteiger partial charge is 0.483 e. The maximum Gasteiger partial charge on any atom is 0.264 e. The maximum absolute atomic E-state index is 12.2. The number of thiophene rings is 1. The molecule has 25 heavy (non-hydrogen) atoms. The molecule has 0 aliphatic carbocycles. The van der Waals surface area contributed by atoms with Crippen molar-refractivity contribution in [3.8, 4) is 16.3 Å². The Morgan fingerprint density at radius 3 is 2.84 bits per heavy atom. The van der Waals surface area contributed by atoms with Gasteiger partial charge >= 0.3 is 0 Å². The predicted molar refractivity (Wildman–Crippen MR) is 103 cm³/mol. The molecular formula is C18H19N3O2S2. The van der Waals surface area contributed by atoms with Gasteiger partial charge in [0, 0.05) is 10.9 Å². The second kappa shape index (κ2) is 7.76. The van der Waals surface area contributed by atoms with Crippen LogP contribution in [0.25, 0.3) is 10.6 Å². The molecule has 0 aliphatic heterocycles. The van der Waals surface area contributed by atoms with Crippen molar-refractivity contribution in [1.29, 1.82) is 0 Å². The van der Waals surface area contributed by atoms with Gasteiger partial charge in [0.2, 0.25) is 5.13 Å². The van der Waals surface area contributed by atoms with Crippen molar-refractivity contribution >= 4 is 33.7 Å². The lowest BCUT2D eigenvalue weighted by molar-refractivity contribution is -0.118. The molecule has 7 heteroatoms. The van der Waals surface area contributed by atoms with Crippen molar-refractivity contribution in [3.05, 3.63) is 46.2 Å². The van der Waals surface area contributed by atoms with Gasteiger partial charge < -0.3 is 4.74 Å². The number of hydrogen-bond donors (Lipinski definition) is 1. The van der Waals surface area contributed by atoms with E-state index in [-0.39, 0.29) is 12.5 Å². The topological polar surface area (TPSA) is 64.1 Å². The number of carbonyl (C=O) groups excluding carboxylic acids is 1. The zero-order valence-corrected chi connectivity index (χ0v) is 15.9. The summed E-state index contributed by atoms with van der Waals surface area (Å²) in [5.74, 6) is 0.834. The minimum atomic E-state index is -0.246. The average Bonchev–Trinajstić information content (AvgIpc) is 3.23. The summed E-state index contributed by atoms with van der Waals surface area (Å²) in [5.41, 5.74) is 3.21. The monoisotopic (exact) mass is 373 g/mol. The Labute approximate surface area is 154 Å². The van der Waals surface area contributed by atoms with Gasteiger partial charge in [0.15, 0.2) is 6.61 Å². The van der Waals surface area contributed by atoms with Crippen LogP contribution in [0.3, 0.4) is 0 Å². The molecule has 0 aliphatic rings. The lowest BCUT2D eigenvalue weighted by atomic mass is 10.0. The molecule has 0 saturated heterocycles. The van der Waals surface area contributed by atoms with Gasteiger partial charge in [-0.05, 0) is 41.5 Å². The van der Waals surface area contributed by atoms with Crippen molar-refractivity contribution in [2.24, 2.45) is 0 Å². The van der Waals surface area contributed by atoms with Crippen LogP contribution in [0.4, 0.5) is 5.13 Å². The summed E-state index contributed by atoms with van der Waals surface area (Å²) in [4.78, 5) is 12.2. The smallest absolute Gasteiger partial charge is 0.264 e. The third-order valence-electron chi connectivity index (χ3n) is 3.59. The van der Waals surface area contributed by atoms with Gasteiger partial charge in [0.25, 0.3) is 5.91 Å². The Balaban J connectivity index is 1.61. The Morgan fingerprint density at radius 2 is 2.12 bits per heavy atom. The fraction of sp³-hybridized carbons (Fsp3) is 0.278. The summed E-state index contributed by atoms with van der Waals surface area (Å²) in [6, 6.07) is 8.04. The molecule has 3 aromatic rings. The SMILES string of the molecule is Cc1ccc(C(C)C)c(OCC(=O)Nc2nnc(-c3ccsc3)s2)c1. The molecule has 2 heterocycles. The van der Waals surface area contributed by atoms with Crippen LogP contribution in [0.15, 0.2) is 35.0 Å². The highest BCUT2D eigenvalue weighted by Crippen LogP contribution is 2.29. The zero-order chi connectivity index (χ0) is 17.8. The van der Waals surface area contributed by atoms with Gasteiger partial charge in [-0.25, -0.2) is 0 Å². The molecule has 0 spiro atoms. The molecule has 1 amide bonds. The quantitative estimate of drug-likeness (QED) is 0.679. The molecule has 0 bridgehead atoms. The summed E-state index contributed by atoms with van der Waals surface area (Å²) >= 11 is 2.95. The second-order valence-electron chi connectivity index (χ2n) is 5.96. The minimum Gasteiger partial charge on any atom is -0.483 e. The van der Waals surface area contributed by atoms with Crippen LogP contribution in [0.5, 0.6) is 5.75 Å². The van der Waals surface area contributed by atoms with Crippen LogP contribution in [0.2, 0.25) is 0 Å². The Kier molecular flexibility index (Phi) is 5.45. The molecular weight excluding hydrogens is 354 g/mol. The summed E-state index contributed by atoms with van der Waals surface area (Å²) in [5, 5.41) is 16.1. The van der Waals surface area contributed by atoms with Gasteiger partial charge in [0.1, 0.15) is 10.8 Å². The first kappa shape index (κ1) is 17.6. The van der Waals surface area contributed by atoms with Gasteiger partial charge in [-0.1, -0.05) is 37.3 Å². The number of rotatable bonds is 6. The molecule has 0 unspecified atom stereocenters. The van der Waals surface area contributed by atoms with Crippen LogP contribution >= 0.6 is 22.7 Å². The number of hydrogen-bond acceptors (Lipinski definition) is 6. The van der Waals surface area contributed by atoms with E-state index in [1.807, 2.05) is 35.9 Å². The minimum absolute atomic E-state index is 0.0590. The highest BCUT2D eigenvalue weighted by Gasteiger charge is 2.13. The first-order chi connectivity index (χ1) is 12.0. The summed E-state index contributed by atoms with van der Waals surface area (Å²) < 4.78 is 5.74. The Bertz CT molecular complexity index is 857. The van der Waals surface area contributed by atoms with E-state index in [4.69, 9.17) is 4.74 Å². The fourth-order valence-corrected chi connectivity index (χ4v) is 3.79. The predicted octanol–water partition coefficient (Wildman–Crippen LogP) is 4.72. The zero-order valence-electron chi connectivity index (χ0n) is 14.3. The standard InChI is InChI=1S/C18H19N3O2S2/c1-11(2)14-5-4-12(3)8-15(14)23-9-16(22)19-18-21-20-17(25-18)13-6-7-24-10-13/h4-8,10-11H,9H2,1-3H3,(H,19,21,22). The van der Waals surface area contributed by atoms with Crippen molar-refractivity contribution < 1.29 is 9.53 Å². The second-order valence-corrected chi connectivity index (χ2v) is 7.71. The lowest BCUT2D eigenvalue weighted by Gasteiger charge is -2.14. The van der Waals surface area contributed by atoms with Gasteiger partial charge in [-0.15, -0.1) is 10.2 Å². The normalized spacial score (nSPS) is 10.9. The van der Waals surface area contributed by atoms with Gasteiger partial charge in [-0.2, -0.15) is 11.3 Å². The molecule has 0 saturated carbocycles. The number of nitrogens with zero attached hydrogens (tertiary/aromatic N) is 2. The van der Waals surface area contributed by atoms with Crippen LogP contribution in [-0.4, -0.2) is 22.7 Å². The third-order valence-corrected chi connectivity index (χ3v) is 5.16. The number of benzene rings is 1. The third kappa shape index (κ3) is 4.43. The van der Waals surface area contributed by atoms with E-state index in [0.717, 1.165) is 27.4 Å². The first-order valence-corrected chi connectivity index (χ1v) is 9.68. The van der Waals surface area contributed by atoms with Crippen molar-refractivity contribution in [1.82, 2.24) is 10.2 Å². The molecule has 2 aromatic heterocycles. The summed E-state index contributed by atoms with van der Waals surface area (Å²) in [6.45, 7) is 6.15. The number of aryl methyl sites for hydroxylation is 1. The van der Waals surface area contributed by atoms with Crippen molar-refractivity contribution in [2.75, 3.05) is 11.9 Å². The molecule has 3 rings (SSSR count). The van der Waals surface area contributed by atoms with Crippen LogP contribution in [-0.2, 0) is 4.79 Å². The Hall–Kier alpha value is -2.25. The maximum atomic E-state index is 12.2. The average molecular weight is 374 g/mol. The molecule has 0 radical (unpaired) electrons. The van der Waals surface area contributed by atoms with Crippen LogP contribution in [0, 0.1) is 6.92 Å². The van der Waals surface area contributed by atoms with E-state index in [0.29, 0.717) is 11.0 Å². The molecule has 5 nitrogen and oxygen atoms in total. The van der Waals surface area contributed by atoms with E-state index in [1.165, 1.54) is 11.3 Å². The number of ether oxygens (including phenoxy) is 1. The van der Waals surface area contributed by atoms with Crippen LogP contribution < -0.4 is 10.1 Å². The Morgan fingerprint density at radius 1 is 1.28 bits per heavy atom. The highest BCUT2D eigenvalue weighted by molar-refractivity contribution is 7.19. The fourth-order valence-electron chi connectivity index (χ4n) is 2.32. The highest BCUT2D eigenvalue weighted by atomic mass is 32.1. The molecule has 130 valence electrons. The number of nitrogens with one attached hydrogen (secondary N) is 1. The van der Waals surface area contributed by atoms with Gasteiger partial charge in [-0.3, -0.25) is 10.1 Å². The number of aromatic nitrogens is 2. The number of amides is 1. The van der Waals surface area contributed by atoms with E-state index in [2.05, 4.69) is 35.4 Å². The van der Waals surface area contributed by atoms with Crippen LogP contribution in [0.1, 0.15) is 30.9 Å². The van der Waals surface area contributed by atoms with E-state index in [9.17, 15) is 4.79 Å². The van der Waals surface area contributed by atoms with E-state index < -0.39 is 0 Å². The van der Waals surface area contributed by atoms with Crippen molar-refractivity contribution in [3.63, 3.8) is 0 Å². The van der Waals surface area contributed by atoms with E-state index in [1.54, 1.807) is 11.3 Å². The summed E-state index contributed by atoms with van der Waals surface area (Å²) in [7, 11) is 0. The first-order valence-electron chi connectivity index (χ1n) is 7.92. The number of anilines is 1. The van der Waals surface area contributed by atoms with Gasteiger partial charge in [0.05, 0.1) is 0 Å².